The number of likely N-dealkylation sites (tertiary alicyclic amines) is 1. The van der Waals surface area contributed by atoms with Crippen LogP contribution in [-0.2, 0) is 16.0 Å². The summed E-state index contributed by atoms with van der Waals surface area (Å²) in [4.78, 5) is 29.9. The van der Waals surface area contributed by atoms with Gasteiger partial charge in [-0.1, -0.05) is 12.1 Å². The monoisotopic (exact) mass is 466 g/mol. The van der Waals surface area contributed by atoms with E-state index in [0.717, 1.165) is 45.3 Å². The van der Waals surface area contributed by atoms with Gasteiger partial charge in [0.05, 0.1) is 20.3 Å². The molecule has 2 heterocycles. The van der Waals surface area contributed by atoms with Crippen LogP contribution in [0.1, 0.15) is 36.4 Å². The molecule has 1 atom stereocenters. The predicted octanol–water partition coefficient (Wildman–Crippen LogP) is 2.98. The van der Waals surface area contributed by atoms with Gasteiger partial charge in [0.2, 0.25) is 0 Å². The Labute approximate surface area is 201 Å². The molecule has 2 amide bonds. The third-order valence-electron chi connectivity index (χ3n) is 6.72. The molecular weight excluding hydrogens is 432 g/mol. The second kappa shape index (κ2) is 10.8. The average molecular weight is 467 g/mol. The number of methoxy groups -OCH3 is 2. The van der Waals surface area contributed by atoms with Crippen LogP contribution in [0.15, 0.2) is 36.4 Å². The van der Waals surface area contributed by atoms with Gasteiger partial charge in [0, 0.05) is 37.6 Å². The number of nitrogens with zero attached hydrogens (tertiary/aromatic N) is 2. The lowest BCUT2D eigenvalue weighted by atomic mass is 9.96. The highest BCUT2D eigenvalue weighted by atomic mass is 16.5. The van der Waals surface area contributed by atoms with Gasteiger partial charge in [-0.2, -0.15) is 0 Å². The molecule has 2 aliphatic heterocycles. The van der Waals surface area contributed by atoms with Crippen molar-refractivity contribution in [3.63, 3.8) is 0 Å². The first-order valence-electron chi connectivity index (χ1n) is 11.9. The zero-order chi connectivity index (χ0) is 24.1. The number of hydrogen-bond acceptors (Lipinski definition) is 6. The molecule has 2 aromatic rings. The molecular formula is C26H34N4O4. The van der Waals surface area contributed by atoms with E-state index in [1.54, 1.807) is 25.3 Å². The van der Waals surface area contributed by atoms with Crippen molar-refractivity contribution in [2.75, 3.05) is 57.7 Å². The third-order valence-corrected chi connectivity index (χ3v) is 6.72. The van der Waals surface area contributed by atoms with Crippen molar-refractivity contribution in [1.82, 2.24) is 10.2 Å². The Balaban J connectivity index is 1.43. The second-order valence-electron chi connectivity index (χ2n) is 8.91. The minimum absolute atomic E-state index is 0.0397. The third kappa shape index (κ3) is 5.28. The van der Waals surface area contributed by atoms with Crippen molar-refractivity contribution in [3.8, 4) is 11.5 Å². The normalized spacial score (nSPS) is 16.5. The number of anilines is 2. The molecule has 2 N–H and O–H groups in total. The molecule has 0 radical (unpaired) electrons. The molecule has 4 rings (SSSR count). The minimum Gasteiger partial charge on any atom is -0.493 e. The van der Waals surface area contributed by atoms with Gasteiger partial charge in [-0.25, -0.2) is 0 Å². The van der Waals surface area contributed by atoms with Crippen LogP contribution >= 0.6 is 0 Å². The molecule has 8 nitrogen and oxygen atoms in total. The quantitative estimate of drug-likeness (QED) is 0.611. The topological polar surface area (TPSA) is 83.1 Å². The summed E-state index contributed by atoms with van der Waals surface area (Å²) in [6.45, 7) is 3.45. The van der Waals surface area contributed by atoms with Crippen LogP contribution in [0.4, 0.5) is 11.4 Å². The van der Waals surface area contributed by atoms with Gasteiger partial charge in [-0.3, -0.25) is 14.5 Å². The zero-order valence-corrected chi connectivity index (χ0v) is 20.2. The van der Waals surface area contributed by atoms with Gasteiger partial charge in [0.25, 0.3) is 0 Å². The first kappa shape index (κ1) is 23.9. The maximum absolute atomic E-state index is 12.6. The summed E-state index contributed by atoms with van der Waals surface area (Å²) >= 11 is 0. The lowest BCUT2D eigenvalue weighted by Gasteiger charge is -2.31. The molecule has 2 aromatic carbocycles. The summed E-state index contributed by atoms with van der Waals surface area (Å²) in [5, 5.41) is 5.50. The largest absolute Gasteiger partial charge is 0.493 e. The Hall–Kier alpha value is -3.26. The van der Waals surface area contributed by atoms with Crippen LogP contribution < -0.4 is 25.0 Å². The average Bonchev–Trinajstić information content (AvgIpc) is 3.38. The molecule has 182 valence electrons. The van der Waals surface area contributed by atoms with E-state index in [0.29, 0.717) is 23.7 Å². The maximum atomic E-state index is 12.6. The van der Waals surface area contributed by atoms with Crippen molar-refractivity contribution >= 4 is 23.2 Å². The number of rotatable bonds is 7. The smallest absolute Gasteiger partial charge is 0.313 e. The summed E-state index contributed by atoms with van der Waals surface area (Å²) in [7, 11) is 5.20. The van der Waals surface area contributed by atoms with Crippen LogP contribution in [0.25, 0.3) is 0 Å². The summed E-state index contributed by atoms with van der Waals surface area (Å²) < 4.78 is 10.5. The Morgan fingerprint density at radius 2 is 1.71 bits per heavy atom. The van der Waals surface area contributed by atoms with Crippen molar-refractivity contribution in [2.24, 2.45) is 0 Å². The van der Waals surface area contributed by atoms with Gasteiger partial charge in [0.1, 0.15) is 0 Å². The number of nitrogens with one attached hydrogen (secondary N) is 2. The molecule has 1 saturated heterocycles. The fourth-order valence-electron chi connectivity index (χ4n) is 4.89. The lowest BCUT2D eigenvalue weighted by Crippen LogP contribution is -2.41. The summed E-state index contributed by atoms with van der Waals surface area (Å²) in [6.07, 6.45) is 4.52. The number of carbonyl (C=O) groups excluding carboxylic acids is 2. The molecule has 2 aliphatic rings. The Bertz CT molecular complexity index is 1040. The van der Waals surface area contributed by atoms with Crippen LogP contribution in [-0.4, -0.2) is 64.2 Å². The van der Waals surface area contributed by atoms with E-state index in [2.05, 4.69) is 45.7 Å². The van der Waals surface area contributed by atoms with E-state index in [4.69, 9.17) is 9.47 Å². The highest BCUT2D eigenvalue weighted by molar-refractivity contribution is 6.39. The number of benzene rings is 2. The Morgan fingerprint density at radius 1 is 0.941 bits per heavy atom. The molecule has 1 fully saturated rings. The summed E-state index contributed by atoms with van der Waals surface area (Å²) in [5.74, 6) is -0.335. The van der Waals surface area contributed by atoms with E-state index >= 15 is 0 Å². The highest BCUT2D eigenvalue weighted by Gasteiger charge is 2.26. The van der Waals surface area contributed by atoms with Crippen molar-refractivity contribution in [3.05, 3.63) is 47.5 Å². The lowest BCUT2D eigenvalue weighted by molar-refractivity contribution is -0.136. The fraction of sp³-hybridized carbons (Fsp3) is 0.462. The maximum Gasteiger partial charge on any atom is 0.313 e. The predicted molar refractivity (Wildman–Crippen MR) is 133 cm³/mol. The number of ether oxygens (including phenoxy) is 2. The molecule has 0 saturated carbocycles. The van der Waals surface area contributed by atoms with Crippen molar-refractivity contribution in [1.29, 1.82) is 0 Å². The second-order valence-corrected chi connectivity index (χ2v) is 8.91. The molecule has 0 aliphatic carbocycles. The van der Waals surface area contributed by atoms with Crippen LogP contribution in [0.3, 0.4) is 0 Å². The number of fused-ring (bicyclic) bond motifs is 1. The van der Waals surface area contributed by atoms with Gasteiger partial charge in [-0.05, 0) is 68.1 Å². The molecule has 0 spiro atoms. The zero-order valence-electron chi connectivity index (χ0n) is 20.2. The van der Waals surface area contributed by atoms with E-state index < -0.39 is 11.8 Å². The van der Waals surface area contributed by atoms with Crippen LogP contribution in [0, 0.1) is 0 Å². The number of carbonyl (C=O) groups is 2. The molecule has 1 unspecified atom stereocenters. The van der Waals surface area contributed by atoms with E-state index in [-0.39, 0.29) is 6.04 Å². The number of amides is 2. The molecule has 0 aromatic heterocycles. The standard InChI is InChI=1S/C26H34N4O4/c1-29-12-6-7-18-15-19(8-10-21(18)29)22(30-13-4-5-14-30)17-27-25(31)26(32)28-20-9-11-23(33-2)24(16-20)34-3/h8-11,15-16,22H,4-7,12-14,17H2,1-3H3,(H,27,31)(H,28,32). The van der Waals surface area contributed by atoms with E-state index in [1.165, 1.54) is 23.9 Å². The fourth-order valence-corrected chi connectivity index (χ4v) is 4.89. The van der Waals surface area contributed by atoms with Crippen LogP contribution in [0.2, 0.25) is 0 Å². The Kier molecular flexibility index (Phi) is 7.57. The van der Waals surface area contributed by atoms with E-state index in [1.807, 2.05) is 0 Å². The number of hydrogen-bond donors (Lipinski definition) is 2. The first-order valence-corrected chi connectivity index (χ1v) is 11.9. The van der Waals surface area contributed by atoms with Crippen LogP contribution in [0.5, 0.6) is 11.5 Å². The molecule has 34 heavy (non-hydrogen) atoms. The Morgan fingerprint density at radius 3 is 2.44 bits per heavy atom. The van der Waals surface area contributed by atoms with Gasteiger partial charge in [-0.15, -0.1) is 0 Å². The van der Waals surface area contributed by atoms with Gasteiger partial charge < -0.3 is 25.0 Å². The van der Waals surface area contributed by atoms with E-state index in [9.17, 15) is 9.59 Å². The molecule has 8 heteroatoms. The SMILES string of the molecule is COc1ccc(NC(=O)C(=O)NCC(c2ccc3c(c2)CCCN3C)N2CCCC2)cc1OC. The first-order chi connectivity index (χ1) is 16.5. The van der Waals surface area contributed by atoms with Gasteiger partial charge >= 0.3 is 11.8 Å². The van der Waals surface area contributed by atoms with Gasteiger partial charge in [0.15, 0.2) is 11.5 Å². The highest BCUT2D eigenvalue weighted by Crippen LogP contribution is 2.32. The minimum atomic E-state index is -0.709. The van der Waals surface area contributed by atoms with Crippen molar-refractivity contribution in [2.45, 2.75) is 31.7 Å². The molecule has 0 bridgehead atoms. The van der Waals surface area contributed by atoms with Crippen molar-refractivity contribution < 1.29 is 19.1 Å². The summed E-state index contributed by atoms with van der Waals surface area (Å²) in [5.41, 5.74) is 4.30. The summed E-state index contributed by atoms with van der Waals surface area (Å²) in [6, 6.07) is 11.7. The number of aryl methyl sites for hydroxylation is 1.